The second-order valence-corrected chi connectivity index (χ2v) is 7.39. The van der Waals surface area contributed by atoms with Gasteiger partial charge >= 0.3 is 0 Å². The van der Waals surface area contributed by atoms with Gasteiger partial charge in [0.25, 0.3) is 0 Å². The third kappa shape index (κ3) is 4.21. The Hall–Kier alpha value is -4.04. The van der Waals surface area contributed by atoms with E-state index in [0.29, 0.717) is 19.0 Å². The fourth-order valence-corrected chi connectivity index (χ4v) is 3.65. The third-order valence-electron chi connectivity index (χ3n) is 5.27. The van der Waals surface area contributed by atoms with E-state index in [-0.39, 0.29) is 0 Å². The lowest BCUT2D eigenvalue weighted by atomic mass is 10.1. The summed E-state index contributed by atoms with van der Waals surface area (Å²) in [6.07, 6.45) is 9.03. The molecule has 1 N–H and O–H groups in total. The first kappa shape index (κ1) is 19.9. The van der Waals surface area contributed by atoms with Crippen molar-refractivity contribution in [2.75, 3.05) is 36.6 Å². The number of rotatable bonds is 6. The average Bonchev–Trinajstić information content (AvgIpc) is 3.29. The van der Waals surface area contributed by atoms with E-state index >= 15 is 0 Å². The Balaban J connectivity index is 1.49. The molecule has 1 saturated heterocycles. The summed E-state index contributed by atoms with van der Waals surface area (Å²) in [5.41, 5.74) is 8.72. The first-order valence-electron chi connectivity index (χ1n) is 10.5. The van der Waals surface area contributed by atoms with Crippen LogP contribution in [0.3, 0.4) is 0 Å². The maximum atomic E-state index is 5.53. The molecule has 0 radical (unpaired) electrons. The normalized spacial score (nSPS) is 14.2. The summed E-state index contributed by atoms with van der Waals surface area (Å²) < 4.78 is 7.34. The van der Waals surface area contributed by atoms with Gasteiger partial charge in [-0.1, -0.05) is 30.9 Å². The predicted molar refractivity (Wildman–Crippen MR) is 127 cm³/mol. The van der Waals surface area contributed by atoms with Crippen LogP contribution in [0.25, 0.3) is 23.0 Å². The van der Waals surface area contributed by atoms with Gasteiger partial charge in [-0.3, -0.25) is 10.4 Å². The zero-order valence-electron chi connectivity index (χ0n) is 17.6. The van der Waals surface area contributed by atoms with Gasteiger partial charge in [-0.25, -0.2) is 9.50 Å². The highest BCUT2D eigenvalue weighted by Gasteiger charge is 2.18. The van der Waals surface area contributed by atoms with Gasteiger partial charge in [0.15, 0.2) is 11.5 Å². The quantitative estimate of drug-likeness (QED) is 0.375. The number of morpholine rings is 1. The zero-order chi connectivity index (χ0) is 21.8. The lowest BCUT2D eigenvalue weighted by molar-refractivity contribution is 0.123. The monoisotopic (exact) mass is 425 g/mol. The minimum absolute atomic E-state index is 0.633. The number of hydrogen-bond acceptors (Lipinski definition) is 7. The molecule has 4 aromatic rings. The Labute approximate surface area is 185 Å². The molecule has 0 atom stereocenters. The molecule has 32 heavy (non-hydrogen) atoms. The largest absolute Gasteiger partial charge is 0.378 e. The Morgan fingerprint density at radius 2 is 1.88 bits per heavy atom. The van der Waals surface area contributed by atoms with Crippen molar-refractivity contribution in [3.8, 4) is 11.3 Å². The zero-order valence-corrected chi connectivity index (χ0v) is 17.6. The molecule has 3 aromatic heterocycles. The standard InChI is InChI=1S/C24H23N7O/c1-2-18-4-3-5-19(14-18)16-26-28-23-15-22(30-10-12-32-13-11-30)24-27-21(17-31(24)29-23)20-6-8-25-9-7-20/h2-9,14-17H,1,10-13H2,(H,28,29)/b26-16+. The van der Waals surface area contributed by atoms with Crippen molar-refractivity contribution in [3.63, 3.8) is 0 Å². The van der Waals surface area contributed by atoms with Gasteiger partial charge in [-0.2, -0.15) is 5.10 Å². The molecular weight excluding hydrogens is 402 g/mol. The Kier molecular flexibility index (Phi) is 5.59. The molecule has 0 unspecified atom stereocenters. The lowest BCUT2D eigenvalue weighted by Gasteiger charge is -2.29. The van der Waals surface area contributed by atoms with E-state index in [1.807, 2.05) is 54.7 Å². The number of pyridine rings is 1. The average molecular weight is 425 g/mol. The summed E-state index contributed by atoms with van der Waals surface area (Å²) in [5, 5.41) is 9.07. The number of hydrazone groups is 1. The van der Waals surface area contributed by atoms with Crippen LogP contribution in [0.4, 0.5) is 11.5 Å². The maximum absolute atomic E-state index is 5.53. The second kappa shape index (κ2) is 8.99. The molecule has 1 fully saturated rings. The van der Waals surface area contributed by atoms with E-state index in [1.54, 1.807) is 23.1 Å². The van der Waals surface area contributed by atoms with Crippen LogP contribution in [0.5, 0.6) is 0 Å². The predicted octanol–water partition coefficient (Wildman–Crippen LogP) is 3.72. The molecule has 0 spiro atoms. The highest BCUT2D eigenvalue weighted by atomic mass is 16.5. The van der Waals surface area contributed by atoms with Gasteiger partial charge < -0.3 is 9.64 Å². The molecule has 8 nitrogen and oxygen atoms in total. The van der Waals surface area contributed by atoms with Crippen molar-refractivity contribution in [1.29, 1.82) is 0 Å². The number of benzene rings is 1. The van der Waals surface area contributed by atoms with Crippen LogP contribution in [-0.4, -0.2) is 52.1 Å². The second-order valence-electron chi connectivity index (χ2n) is 7.39. The van der Waals surface area contributed by atoms with E-state index in [1.165, 1.54) is 0 Å². The summed E-state index contributed by atoms with van der Waals surface area (Å²) in [5.74, 6) is 0.633. The number of anilines is 2. The number of nitrogens with one attached hydrogen (secondary N) is 1. The van der Waals surface area contributed by atoms with Crippen LogP contribution in [0.1, 0.15) is 11.1 Å². The van der Waals surface area contributed by atoms with Crippen molar-refractivity contribution < 1.29 is 4.74 Å². The van der Waals surface area contributed by atoms with E-state index in [0.717, 1.165) is 46.8 Å². The number of fused-ring (bicyclic) bond motifs is 1. The number of ether oxygens (including phenoxy) is 1. The Morgan fingerprint density at radius 3 is 2.69 bits per heavy atom. The number of imidazole rings is 1. The van der Waals surface area contributed by atoms with Crippen LogP contribution < -0.4 is 10.3 Å². The van der Waals surface area contributed by atoms with Crippen molar-refractivity contribution in [2.24, 2.45) is 5.10 Å². The minimum Gasteiger partial charge on any atom is -0.378 e. The molecular formula is C24H23N7O. The molecule has 1 aliphatic rings. The molecule has 160 valence electrons. The molecule has 0 saturated carbocycles. The van der Waals surface area contributed by atoms with Gasteiger partial charge in [0, 0.05) is 37.1 Å². The summed E-state index contributed by atoms with van der Waals surface area (Å²) in [6.45, 7) is 6.79. The summed E-state index contributed by atoms with van der Waals surface area (Å²) in [6, 6.07) is 13.9. The molecule has 0 bridgehead atoms. The minimum atomic E-state index is 0.633. The van der Waals surface area contributed by atoms with E-state index in [2.05, 4.69) is 32.1 Å². The van der Waals surface area contributed by atoms with Crippen LogP contribution in [0.2, 0.25) is 0 Å². The van der Waals surface area contributed by atoms with Crippen LogP contribution >= 0.6 is 0 Å². The fourth-order valence-electron chi connectivity index (χ4n) is 3.65. The van der Waals surface area contributed by atoms with Crippen molar-refractivity contribution in [1.82, 2.24) is 19.6 Å². The van der Waals surface area contributed by atoms with Crippen LogP contribution in [0.15, 0.2) is 72.7 Å². The molecule has 8 heteroatoms. The molecule has 0 aliphatic carbocycles. The van der Waals surface area contributed by atoms with Crippen molar-refractivity contribution in [2.45, 2.75) is 0 Å². The van der Waals surface area contributed by atoms with E-state index in [4.69, 9.17) is 9.72 Å². The van der Waals surface area contributed by atoms with Gasteiger partial charge in [0.2, 0.25) is 0 Å². The van der Waals surface area contributed by atoms with E-state index < -0.39 is 0 Å². The van der Waals surface area contributed by atoms with Crippen molar-refractivity contribution >= 4 is 29.4 Å². The maximum Gasteiger partial charge on any atom is 0.177 e. The first-order valence-corrected chi connectivity index (χ1v) is 10.5. The topological polar surface area (TPSA) is 79.9 Å². The number of nitrogens with zero attached hydrogens (tertiary/aromatic N) is 6. The van der Waals surface area contributed by atoms with Crippen molar-refractivity contribution in [3.05, 3.63) is 78.8 Å². The van der Waals surface area contributed by atoms with Crippen LogP contribution in [-0.2, 0) is 4.74 Å². The third-order valence-corrected chi connectivity index (χ3v) is 5.27. The van der Waals surface area contributed by atoms with Crippen LogP contribution in [0, 0.1) is 0 Å². The van der Waals surface area contributed by atoms with Gasteiger partial charge in [-0.15, -0.1) is 5.10 Å². The lowest BCUT2D eigenvalue weighted by Crippen LogP contribution is -2.36. The summed E-state index contributed by atoms with van der Waals surface area (Å²) >= 11 is 0. The Morgan fingerprint density at radius 1 is 1.06 bits per heavy atom. The Bertz CT molecular complexity index is 1260. The SMILES string of the molecule is C=Cc1cccc(/C=N/Nc2cc(N3CCOCC3)c3nc(-c4ccncc4)cn3n2)c1. The van der Waals surface area contributed by atoms with Gasteiger partial charge in [0.1, 0.15) is 0 Å². The number of hydrogen-bond donors (Lipinski definition) is 1. The summed E-state index contributed by atoms with van der Waals surface area (Å²) in [7, 11) is 0. The molecule has 1 aliphatic heterocycles. The fraction of sp³-hybridized carbons (Fsp3) is 0.167. The first-order chi connectivity index (χ1) is 15.8. The molecule has 0 amide bonds. The number of aromatic nitrogens is 4. The van der Waals surface area contributed by atoms with Gasteiger partial charge in [0.05, 0.1) is 37.0 Å². The van der Waals surface area contributed by atoms with Gasteiger partial charge in [-0.05, 0) is 29.3 Å². The smallest absolute Gasteiger partial charge is 0.177 e. The molecule has 1 aromatic carbocycles. The molecule has 5 rings (SSSR count). The van der Waals surface area contributed by atoms with E-state index in [9.17, 15) is 0 Å². The highest BCUT2D eigenvalue weighted by Crippen LogP contribution is 2.27. The summed E-state index contributed by atoms with van der Waals surface area (Å²) in [4.78, 5) is 11.2. The molecule has 4 heterocycles. The highest BCUT2D eigenvalue weighted by molar-refractivity contribution is 5.81.